The first kappa shape index (κ1) is 24.3. The molecule has 0 amide bonds. The van der Waals surface area contributed by atoms with Gasteiger partial charge in [-0.25, -0.2) is 4.99 Å². The minimum absolute atomic E-state index is 0. The molecule has 1 saturated heterocycles. The maximum Gasteiger partial charge on any atom is 0.191 e. The molecule has 3 rings (SSSR count). The van der Waals surface area contributed by atoms with Gasteiger partial charge in [0.05, 0.1) is 18.5 Å². The topological polar surface area (TPSA) is 74.9 Å². The lowest BCUT2D eigenvalue weighted by Crippen LogP contribution is -2.40. The van der Waals surface area contributed by atoms with Crippen LogP contribution in [-0.2, 0) is 6.54 Å². The van der Waals surface area contributed by atoms with Gasteiger partial charge in [0.2, 0.25) is 0 Å². The van der Waals surface area contributed by atoms with Crippen LogP contribution in [0.2, 0.25) is 0 Å². The van der Waals surface area contributed by atoms with Crippen molar-refractivity contribution in [3.63, 3.8) is 0 Å². The molecule has 1 unspecified atom stereocenters. The highest BCUT2D eigenvalue weighted by Gasteiger charge is 2.24. The number of hydrogen-bond acceptors (Lipinski definition) is 5. The van der Waals surface area contributed by atoms with Crippen LogP contribution in [0.25, 0.3) is 0 Å². The zero-order valence-corrected chi connectivity index (χ0v) is 20.7. The molecule has 1 aromatic heterocycles. The van der Waals surface area contributed by atoms with E-state index in [2.05, 4.69) is 58.6 Å². The molecule has 0 spiro atoms. The van der Waals surface area contributed by atoms with Crippen molar-refractivity contribution in [3.05, 3.63) is 41.8 Å². The van der Waals surface area contributed by atoms with E-state index >= 15 is 0 Å². The molecule has 0 bridgehead atoms. The van der Waals surface area contributed by atoms with Gasteiger partial charge in [-0.3, -0.25) is 0 Å². The Balaban J connectivity index is 0.00000320. The number of benzene rings is 1. The van der Waals surface area contributed by atoms with Gasteiger partial charge in [-0.2, -0.15) is 0 Å². The van der Waals surface area contributed by atoms with Gasteiger partial charge in [0, 0.05) is 32.2 Å². The Bertz CT molecular complexity index is 808. The number of aliphatic imine (C=N–C) groups is 1. The Morgan fingerprint density at radius 3 is 2.83 bits per heavy atom. The molecule has 2 N–H and O–H groups in total. The molecular weight excluding hydrogens is 493 g/mol. The Morgan fingerprint density at radius 2 is 2.13 bits per heavy atom. The lowest BCUT2D eigenvalue weighted by atomic mass is 10.1. The summed E-state index contributed by atoms with van der Waals surface area (Å²) in [6.07, 6.45) is 1.14. The quantitative estimate of drug-likeness (QED) is 0.307. The van der Waals surface area contributed by atoms with E-state index in [0.717, 1.165) is 55.8 Å². The number of aromatic nitrogens is 1. The monoisotopic (exact) mass is 527 g/mol. The summed E-state index contributed by atoms with van der Waals surface area (Å²) in [6, 6.07) is 10.2. The van der Waals surface area contributed by atoms with Gasteiger partial charge >= 0.3 is 0 Å². The van der Waals surface area contributed by atoms with Crippen LogP contribution in [0.1, 0.15) is 44.6 Å². The predicted molar refractivity (Wildman–Crippen MR) is 132 cm³/mol. The van der Waals surface area contributed by atoms with E-state index in [0.29, 0.717) is 18.4 Å². The Morgan fingerprint density at radius 1 is 1.33 bits per heavy atom. The van der Waals surface area contributed by atoms with Crippen molar-refractivity contribution in [3.8, 4) is 5.75 Å². The first-order valence-corrected chi connectivity index (χ1v) is 10.5. The zero-order valence-electron chi connectivity index (χ0n) is 18.4. The zero-order chi connectivity index (χ0) is 20.6. The lowest BCUT2D eigenvalue weighted by molar-refractivity contribution is 0.376. The Labute approximate surface area is 196 Å². The highest BCUT2D eigenvalue weighted by Crippen LogP contribution is 2.31. The SMILES string of the molecule is CCNC(=NCc1cc(C(C)C)no1)NCC1CCN(c2ccccc2OC)C1.I. The van der Waals surface area contributed by atoms with Crippen molar-refractivity contribution in [1.29, 1.82) is 0 Å². The number of ether oxygens (including phenoxy) is 1. The van der Waals surface area contributed by atoms with E-state index in [-0.39, 0.29) is 24.0 Å². The van der Waals surface area contributed by atoms with Crippen LogP contribution >= 0.6 is 24.0 Å². The summed E-state index contributed by atoms with van der Waals surface area (Å²) in [6.45, 7) is 10.5. The van der Waals surface area contributed by atoms with Gasteiger partial charge in [0.25, 0.3) is 0 Å². The minimum Gasteiger partial charge on any atom is -0.495 e. The first-order valence-electron chi connectivity index (χ1n) is 10.5. The summed E-state index contributed by atoms with van der Waals surface area (Å²) in [4.78, 5) is 7.05. The van der Waals surface area contributed by atoms with Crippen LogP contribution in [0.15, 0.2) is 39.8 Å². The van der Waals surface area contributed by atoms with Crippen molar-refractivity contribution >= 4 is 35.6 Å². The van der Waals surface area contributed by atoms with Crippen molar-refractivity contribution in [2.75, 3.05) is 38.2 Å². The molecule has 1 fully saturated rings. The predicted octanol–water partition coefficient (Wildman–Crippen LogP) is 4.01. The van der Waals surface area contributed by atoms with E-state index in [1.165, 1.54) is 5.69 Å². The fourth-order valence-electron chi connectivity index (χ4n) is 3.52. The third-order valence-electron chi connectivity index (χ3n) is 5.18. The van der Waals surface area contributed by atoms with Crippen molar-refractivity contribution in [2.45, 2.75) is 39.7 Å². The number of rotatable bonds is 8. The van der Waals surface area contributed by atoms with Crippen molar-refractivity contribution < 1.29 is 9.26 Å². The average Bonchev–Trinajstić information content (AvgIpc) is 3.40. The van der Waals surface area contributed by atoms with Crippen LogP contribution in [0.4, 0.5) is 5.69 Å². The maximum atomic E-state index is 5.51. The molecular formula is C22H34IN5O2. The van der Waals surface area contributed by atoms with E-state index in [9.17, 15) is 0 Å². The molecule has 166 valence electrons. The smallest absolute Gasteiger partial charge is 0.191 e. The van der Waals surface area contributed by atoms with Gasteiger partial charge in [-0.05, 0) is 37.3 Å². The summed E-state index contributed by atoms with van der Waals surface area (Å²) in [5.74, 6) is 3.45. The van der Waals surface area contributed by atoms with Gasteiger partial charge in [0.1, 0.15) is 12.3 Å². The third kappa shape index (κ3) is 6.52. The van der Waals surface area contributed by atoms with E-state index in [1.54, 1.807) is 7.11 Å². The van der Waals surface area contributed by atoms with Crippen LogP contribution in [0.3, 0.4) is 0 Å². The number of para-hydroxylation sites is 2. The highest BCUT2D eigenvalue weighted by molar-refractivity contribution is 14.0. The molecule has 1 aromatic carbocycles. The number of nitrogens with one attached hydrogen (secondary N) is 2. The van der Waals surface area contributed by atoms with Gasteiger partial charge in [0.15, 0.2) is 11.7 Å². The number of anilines is 1. The van der Waals surface area contributed by atoms with E-state index in [4.69, 9.17) is 9.26 Å². The molecule has 1 aliphatic heterocycles. The van der Waals surface area contributed by atoms with Crippen LogP contribution in [-0.4, -0.2) is 44.4 Å². The second-order valence-electron chi connectivity index (χ2n) is 7.72. The minimum atomic E-state index is 0. The van der Waals surface area contributed by atoms with Gasteiger partial charge in [-0.15, -0.1) is 24.0 Å². The maximum absolute atomic E-state index is 5.51. The molecule has 8 heteroatoms. The summed E-state index contributed by atoms with van der Waals surface area (Å²) in [7, 11) is 1.73. The number of hydrogen-bond donors (Lipinski definition) is 2. The molecule has 1 aliphatic rings. The molecule has 2 aromatic rings. The van der Waals surface area contributed by atoms with Gasteiger partial charge < -0.3 is 24.8 Å². The summed E-state index contributed by atoms with van der Waals surface area (Å²) in [5.41, 5.74) is 2.14. The second kappa shape index (κ2) is 12.0. The van der Waals surface area contributed by atoms with Crippen LogP contribution < -0.4 is 20.3 Å². The number of methoxy groups -OCH3 is 1. The van der Waals surface area contributed by atoms with E-state index in [1.807, 2.05) is 18.2 Å². The molecule has 0 radical (unpaired) electrons. The summed E-state index contributed by atoms with van der Waals surface area (Å²) < 4.78 is 10.9. The number of halogens is 1. The van der Waals surface area contributed by atoms with Crippen molar-refractivity contribution in [1.82, 2.24) is 15.8 Å². The normalized spacial score (nSPS) is 16.5. The Kier molecular flexibility index (Phi) is 9.74. The summed E-state index contributed by atoms with van der Waals surface area (Å²) in [5, 5.41) is 10.9. The third-order valence-corrected chi connectivity index (χ3v) is 5.18. The molecule has 1 atom stereocenters. The standard InChI is InChI=1S/C22H33N5O2.HI/c1-5-23-22(25-14-18-12-19(16(2)3)26-29-18)24-13-17-10-11-27(15-17)20-8-6-7-9-21(20)28-4;/h6-9,12,16-17H,5,10-11,13-15H2,1-4H3,(H2,23,24,25);1H. The molecule has 2 heterocycles. The van der Waals surface area contributed by atoms with Gasteiger partial charge in [-0.1, -0.05) is 31.1 Å². The highest BCUT2D eigenvalue weighted by atomic mass is 127. The van der Waals surface area contributed by atoms with E-state index < -0.39 is 0 Å². The average molecular weight is 527 g/mol. The first-order chi connectivity index (χ1) is 14.1. The van der Waals surface area contributed by atoms with Crippen LogP contribution in [0, 0.1) is 5.92 Å². The molecule has 0 saturated carbocycles. The second-order valence-corrected chi connectivity index (χ2v) is 7.72. The molecule has 30 heavy (non-hydrogen) atoms. The van der Waals surface area contributed by atoms with Crippen LogP contribution in [0.5, 0.6) is 5.75 Å². The fraction of sp³-hybridized carbons (Fsp3) is 0.545. The lowest BCUT2D eigenvalue weighted by Gasteiger charge is -2.21. The number of guanidine groups is 1. The summed E-state index contributed by atoms with van der Waals surface area (Å²) >= 11 is 0. The van der Waals surface area contributed by atoms with Crippen molar-refractivity contribution in [2.24, 2.45) is 10.9 Å². The molecule has 0 aliphatic carbocycles. The number of nitrogens with zero attached hydrogens (tertiary/aromatic N) is 3. The Hall–Kier alpha value is -1.97. The largest absolute Gasteiger partial charge is 0.495 e. The molecule has 7 nitrogen and oxygen atoms in total. The fourth-order valence-corrected chi connectivity index (χ4v) is 3.52.